The minimum Gasteiger partial charge on any atom is -0.480 e. The smallest absolute Gasteiger partial charge is 0.228 e. The van der Waals surface area contributed by atoms with Crippen molar-refractivity contribution in [2.75, 3.05) is 19.5 Å². The van der Waals surface area contributed by atoms with E-state index in [4.69, 9.17) is 13.6 Å². The van der Waals surface area contributed by atoms with Crippen molar-refractivity contribution in [3.63, 3.8) is 0 Å². The molecular formula is C21H23FN6O2. The van der Waals surface area contributed by atoms with Crippen LogP contribution in [-0.4, -0.2) is 50.6 Å². The number of fused-ring (bicyclic) bond motifs is 2. The van der Waals surface area contributed by atoms with Gasteiger partial charge < -0.3 is 24.2 Å². The second-order valence-corrected chi connectivity index (χ2v) is 7.45. The highest BCUT2D eigenvalue weighted by Crippen LogP contribution is 2.35. The van der Waals surface area contributed by atoms with Crippen molar-refractivity contribution >= 4 is 22.6 Å². The first-order valence-electron chi connectivity index (χ1n) is 11.3. The Kier molecular flexibility index (Phi) is 3.94. The number of hydrogen-bond acceptors (Lipinski definition) is 6. The van der Waals surface area contributed by atoms with E-state index in [1.165, 1.54) is 13.2 Å². The summed E-state index contributed by atoms with van der Waals surface area (Å²) in [4.78, 5) is 16.3. The molecule has 0 amide bonds. The maximum atomic E-state index is 14.5. The molecule has 9 heteroatoms. The number of imidazole rings is 1. The summed E-state index contributed by atoms with van der Waals surface area (Å²) in [5.41, 5.74) is 2.17. The number of nitrogens with zero attached hydrogens (tertiary/aromatic N) is 4. The molecule has 1 fully saturated rings. The number of pyridine rings is 1. The van der Waals surface area contributed by atoms with E-state index >= 15 is 0 Å². The normalized spacial score (nSPS) is 21.3. The summed E-state index contributed by atoms with van der Waals surface area (Å²) in [5, 5.41) is 3.97. The number of halogens is 1. The number of methoxy groups -OCH3 is 2. The first-order valence-corrected chi connectivity index (χ1v) is 9.81. The van der Waals surface area contributed by atoms with Gasteiger partial charge in [-0.05, 0) is 31.7 Å². The molecular weight excluding hydrogens is 387 g/mol. The topological polar surface area (TPSA) is 89.4 Å². The van der Waals surface area contributed by atoms with Gasteiger partial charge in [0.05, 0.1) is 22.7 Å². The number of hydrogen-bond donors (Lipinski definition) is 2. The van der Waals surface area contributed by atoms with Gasteiger partial charge in [0.1, 0.15) is 5.65 Å². The SMILES string of the molecule is [2H]C([2H])([2H])O[C@H]1CC[C@@H](Nc2nc(OC)c3c(-c4cc(F)c5nccn5c4)c[nH]c3n2)CC1. The molecule has 0 saturated heterocycles. The van der Waals surface area contributed by atoms with Crippen LogP contribution in [0.1, 0.15) is 29.8 Å². The quantitative estimate of drug-likeness (QED) is 0.517. The highest BCUT2D eigenvalue weighted by Gasteiger charge is 2.23. The van der Waals surface area contributed by atoms with Gasteiger partial charge in [-0.25, -0.2) is 9.37 Å². The maximum absolute atomic E-state index is 14.5. The van der Waals surface area contributed by atoms with Crippen LogP contribution in [-0.2, 0) is 4.74 Å². The number of aromatic amines is 1. The van der Waals surface area contributed by atoms with Crippen molar-refractivity contribution in [2.45, 2.75) is 37.8 Å². The predicted molar refractivity (Wildman–Crippen MR) is 111 cm³/mol. The van der Waals surface area contributed by atoms with Crippen molar-refractivity contribution < 1.29 is 18.0 Å². The molecule has 156 valence electrons. The lowest BCUT2D eigenvalue weighted by molar-refractivity contribution is 0.0681. The van der Waals surface area contributed by atoms with E-state index in [1.54, 1.807) is 29.2 Å². The molecule has 0 radical (unpaired) electrons. The molecule has 4 aromatic heterocycles. The first-order chi connectivity index (χ1) is 15.8. The second kappa shape index (κ2) is 7.56. The lowest BCUT2D eigenvalue weighted by atomic mass is 9.93. The summed E-state index contributed by atoms with van der Waals surface area (Å²) >= 11 is 0. The van der Waals surface area contributed by atoms with Crippen LogP contribution in [0.4, 0.5) is 10.3 Å². The van der Waals surface area contributed by atoms with Crippen LogP contribution in [0.15, 0.2) is 30.9 Å². The average Bonchev–Trinajstić information content (AvgIpc) is 3.41. The second-order valence-electron chi connectivity index (χ2n) is 7.45. The van der Waals surface area contributed by atoms with Crippen molar-refractivity contribution in [3.8, 4) is 17.0 Å². The van der Waals surface area contributed by atoms with Gasteiger partial charge in [0.25, 0.3) is 0 Å². The van der Waals surface area contributed by atoms with Crippen molar-refractivity contribution in [2.24, 2.45) is 0 Å². The zero-order valence-corrected chi connectivity index (χ0v) is 16.4. The highest BCUT2D eigenvalue weighted by molar-refractivity contribution is 5.97. The Hall–Kier alpha value is -3.20. The minimum absolute atomic E-state index is 0.0933. The Bertz CT molecular complexity index is 1300. The highest BCUT2D eigenvalue weighted by atomic mass is 19.1. The van der Waals surface area contributed by atoms with Gasteiger partial charge in [-0.1, -0.05) is 0 Å². The minimum atomic E-state index is -2.37. The lowest BCUT2D eigenvalue weighted by Crippen LogP contribution is -2.29. The van der Waals surface area contributed by atoms with Crippen LogP contribution in [0.3, 0.4) is 0 Å². The van der Waals surface area contributed by atoms with Crippen LogP contribution in [0, 0.1) is 5.82 Å². The maximum Gasteiger partial charge on any atom is 0.228 e. The number of rotatable bonds is 5. The van der Waals surface area contributed by atoms with Crippen LogP contribution in [0.25, 0.3) is 27.8 Å². The summed E-state index contributed by atoms with van der Waals surface area (Å²) in [6.07, 6.45) is 9.27. The molecule has 4 aromatic rings. The van der Waals surface area contributed by atoms with Gasteiger partial charge in [-0.15, -0.1) is 0 Å². The molecule has 30 heavy (non-hydrogen) atoms. The zero-order valence-electron chi connectivity index (χ0n) is 19.4. The third-order valence-electron chi connectivity index (χ3n) is 5.62. The monoisotopic (exact) mass is 413 g/mol. The third-order valence-corrected chi connectivity index (χ3v) is 5.62. The molecule has 5 rings (SSSR count). The molecule has 2 N–H and O–H groups in total. The molecule has 0 aromatic carbocycles. The fourth-order valence-electron chi connectivity index (χ4n) is 4.09. The van der Waals surface area contributed by atoms with Gasteiger partial charge in [-0.2, -0.15) is 9.97 Å². The molecule has 8 nitrogen and oxygen atoms in total. The van der Waals surface area contributed by atoms with Gasteiger partial charge in [0, 0.05) is 49.0 Å². The summed E-state index contributed by atoms with van der Waals surface area (Å²) in [7, 11) is -0.845. The largest absolute Gasteiger partial charge is 0.480 e. The van der Waals surface area contributed by atoms with Gasteiger partial charge >= 0.3 is 0 Å². The summed E-state index contributed by atoms with van der Waals surface area (Å²) in [6, 6.07) is 1.52. The zero-order chi connectivity index (χ0) is 23.2. The molecule has 1 aliphatic rings. The van der Waals surface area contributed by atoms with E-state index in [0.717, 1.165) is 12.8 Å². The third kappa shape index (κ3) is 3.24. The fraction of sp³-hybridized carbons (Fsp3) is 0.381. The molecule has 0 unspecified atom stereocenters. The molecule has 0 spiro atoms. The Morgan fingerprint density at radius 3 is 2.97 bits per heavy atom. The van der Waals surface area contributed by atoms with E-state index in [1.807, 2.05) is 0 Å². The Morgan fingerprint density at radius 2 is 2.17 bits per heavy atom. The number of nitrogens with one attached hydrogen (secondary N) is 2. The number of anilines is 1. The van der Waals surface area contributed by atoms with Crippen molar-refractivity contribution in [1.29, 1.82) is 0 Å². The summed E-state index contributed by atoms with van der Waals surface area (Å²) in [5.74, 6) is 0.344. The van der Waals surface area contributed by atoms with Gasteiger partial charge in [0.15, 0.2) is 11.5 Å². The van der Waals surface area contributed by atoms with E-state index in [9.17, 15) is 4.39 Å². The number of ether oxygens (including phenoxy) is 2. The van der Waals surface area contributed by atoms with Gasteiger partial charge in [0.2, 0.25) is 11.8 Å². The summed E-state index contributed by atoms with van der Waals surface area (Å²) < 4.78 is 48.6. The van der Waals surface area contributed by atoms with Crippen LogP contribution >= 0.6 is 0 Å². The Balaban J connectivity index is 1.39. The Labute approximate surface area is 176 Å². The number of H-pyrrole nitrogens is 1. The van der Waals surface area contributed by atoms with Crippen LogP contribution in [0.5, 0.6) is 5.88 Å². The van der Waals surface area contributed by atoms with Crippen molar-refractivity contribution in [3.05, 3.63) is 36.7 Å². The molecule has 1 aliphatic carbocycles. The van der Waals surface area contributed by atoms with E-state index < -0.39 is 12.9 Å². The summed E-state index contributed by atoms with van der Waals surface area (Å²) in [6.45, 7) is 0. The van der Waals surface area contributed by atoms with E-state index in [2.05, 4.69) is 25.3 Å². The molecule has 0 aliphatic heterocycles. The van der Waals surface area contributed by atoms with Crippen LogP contribution < -0.4 is 10.1 Å². The Morgan fingerprint density at radius 1 is 1.30 bits per heavy atom. The van der Waals surface area contributed by atoms with Gasteiger partial charge in [-0.3, -0.25) is 0 Å². The average molecular weight is 413 g/mol. The van der Waals surface area contributed by atoms with Crippen molar-refractivity contribution in [1.82, 2.24) is 24.3 Å². The van der Waals surface area contributed by atoms with E-state index in [0.29, 0.717) is 46.8 Å². The fourth-order valence-corrected chi connectivity index (χ4v) is 4.09. The predicted octanol–water partition coefficient (Wildman–Crippen LogP) is 3.79. The lowest BCUT2D eigenvalue weighted by Gasteiger charge is -2.28. The molecule has 0 bridgehead atoms. The molecule has 4 heterocycles. The van der Waals surface area contributed by atoms with E-state index in [-0.39, 0.29) is 17.8 Å². The van der Waals surface area contributed by atoms with Crippen LogP contribution in [0.2, 0.25) is 0 Å². The first kappa shape index (κ1) is 15.6. The standard InChI is InChI=1S/C21H23FN6O2/c1-29-14-5-3-13(4-6-14)25-21-26-18-17(20(27-21)30-2)15(10-24-18)12-9-16(22)19-23-7-8-28(19)11-12/h7-11,13-14H,3-6H2,1-2H3,(H2,24,25,26,27)/t13-,14+/i1D3. The molecule has 1 saturated carbocycles. The molecule has 0 atom stereocenters. The number of aromatic nitrogens is 5.